The zero-order valence-corrected chi connectivity index (χ0v) is 12.7. The van der Waals surface area contributed by atoms with Gasteiger partial charge in [0.05, 0.1) is 6.61 Å². The van der Waals surface area contributed by atoms with Gasteiger partial charge in [0.25, 0.3) is 0 Å². The van der Waals surface area contributed by atoms with Crippen molar-refractivity contribution in [1.29, 1.82) is 0 Å². The minimum atomic E-state index is 0.518. The highest BCUT2D eigenvalue weighted by Crippen LogP contribution is 2.37. The number of hydrogen-bond acceptors (Lipinski definition) is 3. The van der Waals surface area contributed by atoms with E-state index in [-0.39, 0.29) is 0 Å². The third-order valence-electron chi connectivity index (χ3n) is 4.43. The maximum absolute atomic E-state index is 5.59. The molecule has 0 amide bonds. The van der Waals surface area contributed by atoms with E-state index in [9.17, 15) is 0 Å². The molecule has 2 atom stereocenters. The van der Waals surface area contributed by atoms with Crippen molar-refractivity contribution >= 4 is 11.3 Å². The molecule has 1 aliphatic carbocycles. The molecule has 0 aromatic carbocycles. The molecule has 19 heavy (non-hydrogen) atoms. The van der Waals surface area contributed by atoms with Crippen LogP contribution in [0.4, 0.5) is 0 Å². The lowest BCUT2D eigenvalue weighted by Gasteiger charge is -2.22. The Balaban J connectivity index is 1.81. The Bertz CT molecular complexity index is 385. The van der Waals surface area contributed by atoms with E-state index in [4.69, 9.17) is 4.74 Å². The van der Waals surface area contributed by atoms with Gasteiger partial charge in [-0.1, -0.05) is 13.3 Å². The third kappa shape index (κ3) is 3.04. The molecule has 2 aliphatic rings. The highest BCUT2D eigenvalue weighted by Gasteiger charge is 2.28. The van der Waals surface area contributed by atoms with Gasteiger partial charge in [-0.15, -0.1) is 11.3 Å². The lowest BCUT2D eigenvalue weighted by atomic mass is 9.96. The van der Waals surface area contributed by atoms with Crippen LogP contribution in [0.25, 0.3) is 0 Å². The normalized spacial score (nSPS) is 25.0. The predicted octanol–water partition coefficient (Wildman–Crippen LogP) is 3.70. The first-order valence-electron chi connectivity index (χ1n) is 7.81. The van der Waals surface area contributed by atoms with Crippen molar-refractivity contribution in [3.63, 3.8) is 0 Å². The summed E-state index contributed by atoms with van der Waals surface area (Å²) in [5.41, 5.74) is 1.64. The fourth-order valence-corrected chi connectivity index (χ4v) is 4.81. The van der Waals surface area contributed by atoms with Crippen LogP contribution in [-0.4, -0.2) is 19.8 Å². The SMILES string of the molecule is CCNC(c1cc2c(s1)CCCCC2)C1CCOC1. The Morgan fingerprint density at radius 2 is 2.26 bits per heavy atom. The summed E-state index contributed by atoms with van der Waals surface area (Å²) < 4.78 is 5.59. The van der Waals surface area contributed by atoms with E-state index in [0.717, 1.165) is 19.8 Å². The second-order valence-corrected chi connectivity index (χ2v) is 6.99. The Kier molecular flexibility index (Phi) is 4.57. The quantitative estimate of drug-likeness (QED) is 0.849. The van der Waals surface area contributed by atoms with Gasteiger partial charge in [0.1, 0.15) is 0 Å². The summed E-state index contributed by atoms with van der Waals surface area (Å²) in [5, 5.41) is 3.70. The minimum absolute atomic E-state index is 0.518. The standard InChI is InChI=1S/C16H25NOS/c1-2-17-16(13-8-9-18-11-13)15-10-12-6-4-3-5-7-14(12)19-15/h10,13,16-17H,2-9,11H2,1H3. The number of rotatable bonds is 4. The van der Waals surface area contributed by atoms with Gasteiger partial charge < -0.3 is 10.1 Å². The van der Waals surface area contributed by atoms with Gasteiger partial charge in [-0.05, 0) is 50.3 Å². The summed E-state index contributed by atoms with van der Waals surface area (Å²) in [7, 11) is 0. The smallest absolute Gasteiger partial charge is 0.0513 e. The largest absolute Gasteiger partial charge is 0.381 e. The van der Waals surface area contributed by atoms with Gasteiger partial charge in [-0.25, -0.2) is 0 Å². The first-order chi connectivity index (χ1) is 9.38. The molecule has 3 rings (SSSR count). The molecule has 1 saturated heterocycles. The summed E-state index contributed by atoms with van der Waals surface area (Å²) in [6, 6.07) is 3.01. The van der Waals surface area contributed by atoms with Crippen molar-refractivity contribution < 1.29 is 4.74 Å². The molecule has 2 unspecified atom stereocenters. The Labute approximate surface area is 120 Å². The van der Waals surface area contributed by atoms with Crippen molar-refractivity contribution in [2.45, 2.75) is 51.5 Å². The summed E-state index contributed by atoms with van der Waals surface area (Å²) in [6.07, 6.45) is 7.98. The Morgan fingerprint density at radius 1 is 1.37 bits per heavy atom. The van der Waals surface area contributed by atoms with Gasteiger partial charge in [0.15, 0.2) is 0 Å². The summed E-state index contributed by atoms with van der Waals surface area (Å²) in [5.74, 6) is 0.669. The Hall–Kier alpha value is -0.380. The molecule has 1 N–H and O–H groups in total. The highest BCUT2D eigenvalue weighted by atomic mass is 32.1. The fourth-order valence-electron chi connectivity index (χ4n) is 3.38. The van der Waals surface area contributed by atoms with Crippen molar-refractivity contribution in [3.05, 3.63) is 21.4 Å². The summed E-state index contributed by atoms with van der Waals surface area (Å²) in [6.45, 7) is 5.13. The van der Waals surface area contributed by atoms with Crippen LogP contribution < -0.4 is 5.32 Å². The summed E-state index contributed by atoms with van der Waals surface area (Å²) in [4.78, 5) is 3.22. The number of thiophene rings is 1. The molecular weight excluding hydrogens is 254 g/mol. The topological polar surface area (TPSA) is 21.3 Å². The van der Waals surface area contributed by atoms with E-state index in [1.807, 2.05) is 0 Å². The zero-order valence-electron chi connectivity index (χ0n) is 11.9. The number of hydrogen-bond donors (Lipinski definition) is 1. The number of ether oxygens (including phenoxy) is 1. The second-order valence-electron chi connectivity index (χ2n) is 5.82. The number of aryl methyl sites for hydroxylation is 2. The van der Waals surface area contributed by atoms with E-state index >= 15 is 0 Å². The van der Waals surface area contributed by atoms with Crippen LogP contribution >= 0.6 is 11.3 Å². The average Bonchev–Trinajstić information content (AvgIpc) is 3.02. The first-order valence-corrected chi connectivity index (χ1v) is 8.62. The molecule has 3 heteroatoms. The van der Waals surface area contributed by atoms with Gasteiger partial charge >= 0.3 is 0 Å². The van der Waals surface area contributed by atoms with Crippen LogP contribution in [0.1, 0.15) is 54.0 Å². The van der Waals surface area contributed by atoms with E-state index in [0.29, 0.717) is 12.0 Å². The molecule has 0 saturated carbocycles. The molecule has 0 bridgehead atoms. The van der Waals surface area contributed by atoms with Gasteiger partial charge in [-0.2, -0.15) is 0 Å². The molecule has 106 valence electrons. The van der Waals surface area contributed by atoms with Crippen molar-refractivity contribution in [2.24, 2.45) is 5.92 Å². The van der Waals surface area contributed by atoms with Crippen LogP contribution in [0.3, 0.4) is 0 Å². The monoisotopic (exact) mass is 279 g/mol. The molecule has 1 aromatic rings. The molecule has 0 spiro atoms. The van der Waals surface area contributed by atoms with E-state index < -0.39 is 0 Å². The van der Waals surface area contributed by atoms with Crippen molar-refractivity contribution in [3.8, 4) is 0 Å². The average molecular weight is 279 g/mol. The third-order valence-corrected chi connectivity index (χ3v) is 5.75. The van der Waals surface area contributed by atoms with Crippen LogP contribution in [0, 0.1) is 5.92 Å². The maximum Gasteiger partial charge on any atom is 0.0513 e. The Morgan fingerprint density at radius 3 is 3.05 bits per heavy atom. The number of fused-ring (bicyclic) bond motifs is 1. The highest BCUT2D eigenvalue weighted by molar-refractivity contribution is 7.12. The lowest BCUT2D eigenvalue weighted by molar-refractivity contribution is 0.177. The van der Waals surface area contributed by atoms with E-state index in [1.165, 1.54) is 38.5 Å². The summed E-state index contributed by atoms with van der Waals surface area (Å²) >= 11 is 2.07. The van der Waals surface area contributed by atoms with Gasteiger partial charge in [-0.3, -0.25) is 0 Å². The lowest BCUT2D eigenvalue weighted by Crippen LogP contribution is -2.27. The molecule has 0 radical (unpaired) electrons. The molecule has 2 nitrogen and oxygen atoms in total. The second kappa shape index (κ2) is 6.38. The van der Waals surface area contributed by atoms with E-state index in [2.05, 4.69) is 29.6 Å². The van der Waals surface area contributed by atoms with Gasteiger partial charge in [0, 0.05) is 28.3 Å². The van der Waals surface area contributed by atoms with Crippen molar-refractivity contribution in [1.82, 2.24) is 5.32 Å². The fraction of sp³-hybridized carbons (Fsp3) is 0.750. The minimum Gasteiger partial charge on any atom is -0.381 e. The molecule has 2 heterocycles. The van der Waals surface area contributed by atoms with Crippen LogP contribution in [0.15, 0.2) is 6.07 Å². The molecule has 1 aliphatic heterocycles. The van der Waals surface area contributed by atoms with Crippen LogP contribution in [0.5, 0.6) is 0 Å². The number of nitrogens with one attached hydrogen (secondary N) is 1. The van der Waals surface area contributed by atoms with Crippen LogP contribution in [-0.2, 0) is 17.6 Å². The van der Waals surface area contributed by atoms with Crippen molar-refractivity contribution in [2.75, 3.05) is 19.8 Å². The zero-order chi connectivity index (χ0) is 13.1. The van der Waals surface area contributed by atoms with E-state index in [1.54, 1.807) is 15.3 Å². The predicted molar refractivity (Wildman–Crippen MR) is 80.9 cm³/mol. The van der Waals surface area contributed by atoms with Gasteiger partial charge in [0.2, 0.25) is 0 Å². The first kappa shape index (κ1) is 13.6. The molecule has 1 aromatic heterocycles. The maximum atomic E-state index is 5.59. The molecular formula is C16H25NOS. The molecule has 1 fully saturated rings. The van der Waals surface area contributed by atoms with Crippen LogP contribution in [0.2, 0.25) is 0 Å².